The molecule has 1 heterocycles. The molecule has 1 nitrogen and oxygen atoms in total. The van der Waals surface area contributed by atoms with Crippen molar-refractivity contribution < 1.29 is 13.2 Å². The molecule has 0 amide bonds. The van der Waals surface area contributed by atoms with Crippen molar-refractivity contribution in [2.24, 2.45) is 0 Å². The van der Waals surface area contributed by atoms with E-state index in [-0.39, 0.29) is 0 Å². The third-order valence-electron chi connectivity index (χ3n) is 1.54. The number of hydrogen-bond donors (Lipinski definition) is 0. The number of hydrogen-bond acceptors (Lipinski definition) is 2. The van der Waals surface area contributed by atoms with Crippen molar-refractivity contribution in [1.29, 1.82) is 0 Å². The zero-order chi connectivity index (χ0) is 9.47. The van der Waals surface area contributed by atoms with Gasteiger partial charge in [0.25, 0.3) is 0 Å². The highest BCUT2D eigenvalue weighted by atomic mass is 32.1. The number of rotatable bonds is 0. The normalized spacial score (nSPS) is 12.2. The topological polar surface area (TPSA) is 12.9 Å². The highest BCUT2D eigenvalue weighted by molar-refractivity contribution is 7.18. The molecule has 0 saturated heterocycles. The Balaban J connectivity index is 2.63. The van der Waals surface area contributed by atoms with Crippen molar-refractivity contribution in [3.63, 3.8) is 0 Å². The van der Waals surface area contributed by atoms with Crippen molar-refractivity contribution in [2.75, 3.05) is 0 Å². The first-order valence-electron chi connectivity index (χ1n) is 3.50. The molecular weight excluding hydrogens is 199 g/mol. The van der Waals surface area contributed by atoms with Crippen LogP contribution in [0.3, 0.4) is 0 Å². The van der Waals surface area contributed by atoms with Crippen molar-refractivity contribution >= 4 is 21.6 Å². The van der Waals surface area contributed by atoms with Crippen LogP contribution in [-0.2, 0) is 6.18 Å². The summed E-state index contributed by atoms with van der Waals surface area (Å²) >= 11 is 0.668. The van der Waals surface area contributed by atoms with E-state index in [1.807, 2.05) is 0 Å². The molecule has 0 spiro atoms. The second kappa shape index (κ2) is 2.70. The minimum atomic E-state index is -4.33. The highest BCUT2D eigenvalue weighted by Gasteiger charge is 2.34. The second-order valence-corrected chi connectivity index (χ2v) is 3.52. The average molecular weight is 203 g/mol. The first kappa shape index (κ1) is 8.50. The summed E-state index contributed by atoms with van der Waals surface area (Å²) in [5.41, 5.74) is 0.403. The number of alkyl halides is 3. The summed E-state index contributed by atoms with van der Waals surface area (Å²) in [6.07, 6.45) is -4.33. The van der Waals surface area contributed by atoms with E-state index in [9.17, 15) is 13.2 Å². The summed E-state index contributed by atoms with van der Waals surface area (Å²) in [7, 11) is 0. The van der Waals surface area contributed by atoms with Gasteiger partial charge in [0.1, 0.15) is 0 Å². The molecule has 13 heavy (non-hydrogen) atoms. The lowest BCUT2D eigenvalue weighted by Crippen LogP contribution is -2.03. The molecule has 5 heteroatoms. The monoisotopic (exact) mass is 203 g/mol. The largest absolute Gasteiger partial charge is 0.443 e. The van der Waals surface area contributed by atoms with Crippen molar-refractivity contribution in [1.82, 2.24) is 4.98 Å². The van der Waals surface area contributed by atoms with Crippen LogP contribution < -0.4 is 0 Å². The van der Waals surface area contributed by atoms with Gasteiger partial charge in [-0.05, 0) is 12.1 Å². The van der Waals surface area contributed by atoms with Gasteiger partial charge >= 0.3 is 6.18 Å². The minimum Gasteiger partial charge on any atom is -0.232 e. The first-order valence-corrected chi connectivity index (χ1v) is 4.32. The van der Waals surface area contributed by atoms with Crippen molar-refractivity contribution in [3.05, 3.63) is 29.3 Å². The summed E-state index contributed by atoms with van der Waals surface area (Å²) in [6.45, 7) is 0. The van der Waals surface area contributed by atoms with Gasteiger partial charge in [0.2, 0.25) is 0 Å². The van der Waals surface area contributed by atoms with E-state index in [0.29, 0.717) is 21.6 Å². The molecule has 0 radical (unpaired) electrons. The van der Waals surface area contributed by atoms with Gasteiger partial charge in [-0.15, -0.1) is 11.3 Å². The lowest BCUT2D eigenvalue weighted by Gasteiger charge is -1.98. The Hall–Kier alpha value is -1.10. The molecule has 0 bridgehead atoms. The second-order valence-electron chi connectivity index (χ2n) is 2.48. The summed E-state index contributed by atoms with van der Waals surface area (Å²) in [4.78, 5) is 3.48. The molecule has 68 valence electrons. The summed E-state index contributed by atoms with van der Waals surface area (Å²) < 4.78 is 37.1. The van der Waals surface area contributed by atoms with Gasteiger partial charge in [-0.1, -0.05) is 12.1 Å². The van der Waals surface area contributed by atoms with E-state index >= 15 is 0 Å². The Kier molecular flexibility index (Phi) is 1.76. The molecule has 0 saturated carbocycles. The van der Waals surface area contributed by atoms with E-state index in [4.69, 9.17) is 0 Å². The van der Waals surface area contributed by atoms with Crippen LogP contribution in [0.2, 0.25) is 0 Å². The van der Waals surface area contributed by atoms with Crippen LogP contribution in [0, 0.1) is 0 Å². The van der Waals surface area contributed by atoms with E-state index in [2.05, 4.69) is 4.98 Å². The van der Waals surface area contributed by atoms with Gasteiger partial charge in [0.05, 0.1) is 10.2 Å². The molecule has 0 aliphatic rings. The molecule has 0 unspecified atom stereocenters. The van der Waals surface area contributed by atoms with Crippen LogP contribution in [0.1, 0.15) is 5.01 Å². The SMILES string of the molecule is FC(F)(F)c1nc2ccccc2s1. The van der Waals surface area contributed by atoms with E-state index in [0.717, 1.165) is 0 Å². The van der Waals surface area contributed by atoms with Crippen molar-refractivity contribution in [2.45, 2.75) is 6.18 Å². The quantitative estimate of drug-likeness (QED) is 0.640. The van der Waals surface area contributed by atoms with Gasteiger partial charge in [-0.2, -0.15) is 13.2 Å². The molecule has 0 atom stereocenters. The van der Waals surface area contributed by atoms with Crippen molar-refractivity contribution in [3.8, 4) is 0 Å². The predicted molar refractivity (Wildman–Crippen MR) is 44.6 cm³/mol. The fourth-order valence-electron chi connectivity index (χ4n) is 0.993. The smallest absolute Gasteiger partial charge is 0.232 e. The summed E-state index contributed by atoms with van der Waals surface area (Å²) in [5.74, 6) is 0. The predicted octanol–water partition coefficient (Wildman–Crippen LogP) is 3.32. The maximum atomic E-state index is 12.2. The molecule has 1 aromatic carbocycles. The maximum absolute atomic E-state index is 12.2. The molecule has 0 aliphatic carbocycles. The number of aromatic nitrogens is 1. The van der Waals surface area contributed by atoms with Crippen LogP contribution in [0.5, 0.6) is 0 Å². The van der Waals surface area contributed by atoms with Gasteiger partial charge in [-0.25, -0.2) is 4.98 Å². The van der Waals surface area contributed by atoms with E-state index in [1.165, 1.54) is 0 Å². The number of para-hydroxylation sites is 1. The van der Waals surface area contributed by atoms with Gasteiger partial charge in [-0.3, -0.25) is 0 Å². The Morgan fingerprint density at radius 3 is 2.46 bits per heavy atom. The van der Waals surface area contributed by atoms with Crippen LogP contribution in [0.15, 0.2) is 24.3 Å². The Morgan fingerprint density at radius 2 is 1.85 bits per heavy atom. The summed E-state index contributed by atoms with van der Waals surface area (Å²) in [5, 5.41) is -0.784. The molecule has 2 rings (SSSR count). The van der Waals surface area contributed by atoms with Crippen LogP contribution in [0.25, 0.3) is 10.2 Å². The maximum Gasteiger partial charge on any atom is 0.443 e. The van der Waals surface area contributed by atoms with Crippen LogP contribution in [0.4, 0.5) is 13.2 Å². The Bertz CT molecular complexity index is 399. The van der Waals surface area contributed by atoms with Crippen LogP contribution >= 0.6 is 11.3 Å². The number of fused-ring (bicyclic) bond motifs is 1. The lowest BCUT2D eigenvalue weighted by atomic mass is 10.3. The van der Waals surface area contributed by atoms with E-state index < -0.39 is 11.2 Å². The van der Waals surface area contributed by atoms with Crippen LogP contribution in [-0.4, -0.2) is 4.98 Å². The summed E-state index contributed by atoms with van der Waals surface area (Å²) in [6, 6.07) is 6.56. The number of nitrogens with zero attached hydrogens (tertiary/aromatic N) is 1. The zero-order valence-electron chi connectivity index (χ0n) is 6.30. The number of halogens is 3. The molecule has 1 aromatic heterocycles. The van der Waals surface area contributed by atoms with Gasteiger partial charge in [0.15, 0.2) is 5.01 Å². The van der Waals surface area contributed by atoms with Gasteiger partial charge < -0.3 is 0 Å². The third-order valence-corrected chi connectivity index (χ3v) is 2.62. The third kappa shape index (κ3) is 1.51. The van der Waals surface area contributed by atoms with Gasteiger partial charge in [0, 0.05) is 0 Å². The molecular formula is C8H4F3NS. The molecule has 0 aliphatic heterocycles. The Morgan fingerprint density at radius 1 is 1.15 bits per heavy atom. The molecule has 0 fully saturated rings. The number of benzene rings is 1. The van der Waals surface area contributed by atoms with E-state index in [1.54, 1.807) is 24.3 Å². The Labute approximate surface area is 75.8 Å². The molecule has 0 N–H and O–H groups in total. The molecule has 2 aromatic rings. The lowest BCUT2D eigenvalue weighted by molar-refractivity contribution is -0.137. The highest BCUT2D eigenvalue weighted by Crippen LogP contribution is 2.34. The fourth-order valence-corrected chi connectivity index (χ4v) is 1.83. The average Bonchev–Trinajstić information content (AvgIpc) is 2.45. The fraction of sp³-hybridized carbons (Fsp3) is 0.125. The number of thiazole rings is 1. The standard InChI is InChI=1S/C8H4F3NS/c9-8(10,11)7-12-5-3-1-2-4-6(5)13-7/h1-4H. The minimum absolute atomic E-state index is 0.403. The first-order chi connectivity index (χ1) is 6.07. The zero-order valence-corrected chi connectivity index (χ0v) is 7.12.